The van der Waals surface area contributed by atoms with Crippen molar-refractivity contribution in [3.05, 3.63) is 29.5 Å². The molecule has 1 aliphatic heterocycles. The van der Waals surface area contributed by atoms with Crippen molar-refractivity contribution in [2.45, 2.75) is 44.6 Å². The number of nitrogens with zero attached hydrogens (tertiary/aromatic N) is 4. The van der Waals surface area contributed by atoms with Crippen molar-refractivity contribution >= 4 is 5.91 Å². The number of H-pyrrole nitrogens is 1. The number of aryl methyl sites for hydroxylation is 1. The topological polar surface area (TPSA) is 97.1 Å². The molecule has 2 atom stereocenters. The highest BCUT2D eigenvalue weighted by molar-refractivity contribution is 5.92. The average Bonchev–Trinajstić information content (AvgIpc) is 2.99. The molecule has 2 aromatic heterocycles. The predicted octanol–water partition coefficient (Wildman–Crippen LogP) is 1.70. The average molecular weight is 345 g/mol. The second kappa shape index (κ2) is 6.59. The molecule has 8 heteroatoms. The molecular weight excluding hydrogens is 322 g/mol. The van der Waals surface area contributed by atoms with Gasteiger partial charge in [-0.1, -0.05) is 0 Å². The van der Waals surface area contributed by atoms with Gasteiger partial charge in [0.15, 0.2) is 5.89 Å². The first kappa shape index (κ1) is 16.3. The van der Waals surface area contributed by atoms with Crippen LogP contribution in [0.1, 0.15) is 53.1 Å². The minimum Gasteiger partial charge on any atom is -0.435 e. The van der Waals surface area contributed by atoms with Crippen LogP contribution in [0.25, 0.3) is 0 Å². The molecule has 1 saturated carbocycles. The Morgan fingerprint density at radius 3 is 2.96 bits per heavy atom. The summed E-state index contributed by atoms with van der Waals surface area (Å²) in [6.45, 7) is 2.96. The number of likely N-dealkylation sites (N-methyl/N-ethyl adjacent to an activating group) is 1. The number of amides is 1. The summed E-state index contributed by atoms with van der Waals surface area (Å²) in [5.41, 5.74) is 0.659. The zero-order valence-electron chi connectivity index (χ0n) is 14.6. The number of rotatable bonds is 6. The number of hydrogen-bond acceptors (Lipinski definition) is 6. The van der Waals surface area contributed by atoms with E-state index in [1.54, 1.807) is 11.9 Å². The molecule has 2 fully saturated rings. The molecule has 3 heterocycles. The summed E-state index contributed by atoms with van der Waals surface area (Å²) in [5, 5.41) is 6.82. The zero-order valence-corrected chi connectivity index (χ0v) is 14.6. The SMILES string of the molecule is Cc1nc(CC2CC2)oc1C(=O)N(C)C[C@H]1OCC[C@H]1c1ncn[nH]1. The van der Waals surface area contributed by atoms with Gasteiger partial charge in [-0.2, -0.15) is 5.10 Å². The fourth-order valence-electron chi connectivity index (χ4n) is 3.37. The molecule has 25 heavy (non-hydrogen) atoms. The summed E-state index contributed by atoms with van der Waals surface area (Å²) in [4.78, 5) is 23.1. The third-order valence-electron chi connectivity index (χ3n) is 4.99. The van der Waals surface area contributed by atoms with Gasteiger partial charge < -0.3 is 14.1 Å². The molecule has 1 amide bonds. The molecule has 2 aliphatic rings. The van der Waals surface area contributed by atoms with Crippen molar-refractivity contribution in [3.63, 3.8) is 0 Å². The van der Waals surface area contributed by atoms with E-state index in [9.17, 15) is 4.79 Å². The number of hydrogen-bond donors (Lipinski definition) is 1. The number of aromatic nitrogens is 4. The number of carbonyl (C=O) groups excluding carboxylic acids is 1. The molecular formula is C17H23N5O3. The lowest BCUT2D eigenvalue weighted by atomic mass is 10.0. The lowest BCUT2D eigenvalue weighted by molar-refractivity contribution is 0.0526. The van der Waals surface area contributed by atoms with Crippen LogP contribution in [-0.2, 0) is 11.2 Å². The van der Waals surface area contributed by atoms with Gasteiger partial charge in [-0.3, -0.25) is 9.89 Å². The van der Waals surface area contributed by atoms with Crippen LogP contribution in [-0.4, -0.2) is 57.3 Å². The van der Waals surface area contributed by atoms with E-state index < -0.39 is 0 Å². The van der Waals surface area contributed by atoms with Crippen LogP contribution in [0, 0.1) is 12.8 Å². The van der Waals surface area contributed by atoms with Crippen LogP contribution in [0.15, 0.2) is 10.7 Å². The number of oxazole rings is 1. The fourth-order valence-corrected chi connectivity index (χ4v) is 3.37. The van der Waals surface area contributed by atoms with Crippen LogP contribution >= 0.6 is 0 Å². The Bertz CT molecular complexity index is 738. The summed E-state index contributed by atoms with van der Waals surface area (Å²) in [5.74, 6) is 2.47. The van der Waals surface area contributed by atoms with Crippen molar-refractivity contribution in [2.24, 2.45) is 5.92 Å². The van der Waals surface area contributed by atoms with Gasteiger partial charge in [-0.15, -0.1) is 0 Å². The van der Waals surface area contributed by atoms with Crippen LogP contribution in [0.3, 0.4) is 0 Å². The summed E-state index contributed by atoms with van der Waals surface area (Å²) in [7, 11) is 1.77. The predicted molar refractivity (Wildman–Crippen MR) is 88.1 cm³/mol. The van der Waals surface area contributed by atoms with E-state index in [1.165, 1.54) is 19.2 Å². The van der Waals surface area contributed by atoms with Crippen molar-refractivity contribution < 1.29 is 13.9 Å². The zero-order chi connectivity index (χ0) is 17.4. The van der Waals surface area contributed by atoms with E-state index in [0.717, 1.165) is 18.7 Å². The molecule has 0 bridgehead atoms. The third kappa shape index (κ3) is 3.44. The highest BCUT2D eigenvalue weighted by Gasteiger charge is 2.34. The van der Waals surface area contributed by atoms with Gasteiger partial charge >= 0.3 is 0 Å². The van der Waals surface area contributed by atoms with Crippen LogP contribution in [0.2, 0.25) is 0 Å². The van der Waals surface area contributed by atoms with E-state index in [1.807, 2.05) is 6.92 Å². The molecule has 8 nitrogen and oxygen atoms in total. The maximum absolute atomic E-state index is 12.8. The van der Waals surface area contributed by atoms with Crippen molar-refractivity contribution in [1.82, 2.24) is 25.1 Å². The van der Waals surface area contributed by atoms with E-state index in [2.05, 4.69) is 20.2 Å². The summed E-state index contributed by atoms with van der Waals surface area (Å²) >= 11 is 0. The van der Waals surface area contributed by atoms with Crippen LogP contribution < -0.4 is 0 Å². The van der Waals surface area contributed by atoms with Gasteiger partial charge in [0.1, 0.15) is 12.2 Å². The molecule has 134 valence electrons. The Balaban J connectivity index is 1.42. The number of ether oxygens (including phenoxy) is 1. The largest absolute Gasteiger partial charge is 0.435 e. The molecule has 0 radical (unpaired) electrons. The van der Waals surface area contributed by atoms with Gasteiger partial charge in [0.2, 0.25) is 5.76 Å². The van der Waals surface area contributed by atoms with E-state index in [0.29, 0.717) is 36.4 Å². The maximum Gasteiger partial charge on any atom is 0.291 e. The Hall–Kier alpha value is -2.22. The smallest absolute Gasteiger partial charge is 0.291 e. The standard InChI is InChI=1S/C17H23N5O3/c1-10-15(25-14(20-10)7-11-3-4-11)17(23)22(2)8-13-12(5-6-24-13)16-18-9-19-21-16/h9,11-13H,3-8H2,1-2H3,(H,18,19,21)/t12-,13-/m1/s1. The molecule has 2 aromatic rings. The van der Waals surface area contributed by atoms with E-state index >= 15 is 0 Å². The summed E-state index contributed by atoms with van der Waals surface area (Å²) < 4.78 is 11.6. The Morgan fingerprint density at radius 2 is 2.24 bits per heavy atom. The fraction of sp³-hybridized carbons (Fsp3) is 0.647. The normalized spacial score (nSPS) is 23.1. The first-order chi connectivity index (χ1) is 12.1. The van der Waals surface area contributed by atoms with Gasteiger partial charge in [0.05, 0.1) is 11.8 Å². The molecule has 1 aliphatic carbocycles. The highest BCUT2D eigenvalue weighted by Crippen LogP contribution is 2.33. The molecule has 0 spiro atoms. The van der Waals surface area contributed by atoms with Crippen LogP contribution in [0.4, 0.5) is 0 Å². The first-order valence-electron chi connectivity index (χ1n) is 8.80. The quantitative estimate of drug-likeness (QED) is 0.856. The Labute approximate surface area is 146 Å². The van der Waals surface area contributed by atoms with E-state index in [4.69, 9.17) is 9.15 Å². The third-order valence-corrected chi connectivity index (χ3v) is 4.99. The lowest BCUT2D eigenvalue weighted by Crippen LogP contribution is -2.36. The molecule has 0 aromatic carbocycles. The number of aromatic amines is 1. The van der Waals surface area contributed by atoms with Gasteiger partial charge in [0, 0.05) is 32.5 Å². The Morgan fingerprint density at radius 1 is 1.40 bits per heavy atom. The van der Waals surface area contributed by atoms with E-state index in [-0.39, 0.29) is 17.9 Å². The number of carbonyl (C=O) groups is 1. The monoisotopic (exact) mass is 345 g/mol. The van der Waals surface area contributed by atoms with Crippen molar-refractivity contribution in [2.75, 3.05) is 20.2 Å². The minimum atomic E-state index is -0.154. The lowest BCUT2D eigenvalue weighted by Gasteiger charge is -2.23. The van der Waals surface area contributed by atoms with Crippen molar-refractivity contribution in [3.8, 4) is 0 Å². The Kier molecular flexibility index (Phi) is 4.29. The maximum atomic E-state index is 12.8. The molecule has 0 unspecified atom stereocenters. The molecule has 1 N–H and O–H groups in total. The first-order valence-corrected chi connectivity index (χ1v) is 8.80. The highest BCUT2D eigenvalue weighted by atomic mass is 16.5. The second-order valence-corrected chi connectivity index (χ2v) is 7.03. The number of nitrogens with one attached hydrogen (secondary N) is 1. The second-order valence-electron chi connectivity index (χ2n) is 7.03. The minimum absolute atomic E-state index is 0.101. The van der Waals surface area contributed by atoms with Gasteiger partial charge in [-0.25, -0.2) is 9.97 Å². The van der Waals surface area contributed by atoms with Crippen molar-refractivity contribution in [1.29, 1.82) is 0 Å². The molecule has 1 saturated heterocycles. The molecule has 4 rings (SSSR count). The van der Waals surface area contributed by atoms with Crippen LogP contribution in [0.5, 0.6) is 0 Å². The summed E-state index contributed by atoms with van der Waals surface area (Å²) in [6, 6.07) is 0. The van der Waals surface area contributed by atoms with Gasteiger partial charge in [0.25, 0.3) is 5.91 Å². The summed E-state index contributed by atoms with van der Waals surface area (Å²) in [6.07, 6.45) is 5.56. The van der Waals surface area contributed by atoms with Gasteiger partial charge in [-0.05, 0) is 32.1 Å².